The highest BCUT2D eigenvalue weighted by molar-refractivity contribution is 8.06. The Labute approximate surface area is 134 Å². The largest absolute Gasteiger partial charge is 0.481 e. The highest BCUT2D eigenvalue weighted by Crippen LogP contribution is 2.33. The fourth-order valence-electron chi connectivity index (χ4n) is 2.86. The van der Waals surface area contributed by atoms with Gasteiger partial charge in [0, 0.05) is 49.1 Å². The Hall–Kier alpha value is -0.400. The van der Waals surface area contributed by atoms with Gasteiger partial charge < -0.3 is 14.7 Å². The van der Waals surface area contributed by atoms with Crippen LogP contribution in [-0.4, -0.2) is 71.2 Å². The predicted molar refractivity (Wildman–Crippen MR) is 85.9 cm³/mol. The van der Waals surface area contributed by atoms with Crippen molar-refractivity contribution in [2.45, 2.75) is 24.5 Å². The van der Waals surface area contributed by atoms with Crippen LogP contribution in [0.25, 0.3) is 0 Å². The molecule has 1 unspecified atom stereocenters. The normalized spacial score (nSPS) is 25.6. The highest BCUT2D eigenvalue weighted by atomic mass is 32.2. The number of carboxylic acid groups (broad SMARTS) is 1. The summed E-state index contributed by atoms with van der Waals surface area (Å²) in [6.07, 6.45) is 1.55. The van der Waals surface area contributed by atoms with Crippen LogP contribution in [-0.2, 0) is 14.3 Å². The van der Waals surface area contributed by atoms with E-state index < -0.39 is 11.4 Å². The molecule has 0 aromatic heterocycles. The average Bonchev–Trinajstić information content (AvgIpc) is 2.49. The molecule has 5 nitrogen and oxygen atoms in total. The first-order chi connectivity index (χ1) is 10.1. The van der Waals surface area contributed by atoms with Gasteiger partial charge in [-0.1, -0.05) is 0 Å². The molecule has 1 amide bonds. The fraction of sp³-hybridized carbons (Fsp3) is 0.857. The molecule has 0 spiro atoms. The van der Waals surface area contributed by atoms with Gasteiger partial charge in [-0.15, -0.1) is 0 Å². The minimum atomic E-state index is -0.818. The van der Waals surface area contributed by atoms with E-state index in [-0.39, 0.29) is 12.5 Å². The molecule has 1 atom stereocenters. The summed E-state index contributed by atoms with van der Waals surface area (Å²) in [5.41, 5.74) is -0.818. The maximum absolute atomic E-state index is 12.3. The molecule has 2 aliphatic heterocycles. The minimum Gasteiger partial charge on any atom is -0.481 e. The number of amides is 1. The van der Waals surface area contributed by atoms with E-state index in [0.717, 1.165) is 11.5 Å². The van der Waals surface area contributed by atoms with Crippen molar-refractivity contribution in [2.75, 3.05) is 44.1 Å². The molecular formula is C14H23NO4S2. The van der Waals surface area contributed by atoms with Gasteiger partial charge in [-0.25, -0.2) is 0 Å². The van der Waals surface area contributed by atoms with Gasteiger partial charge in [-0.05, 0) is 12.8 Å². The molecule has 0 saturated carbocycles. The average molecular weight is 333 g/mol. The second-order valence-corrected chi connectivity index (χ2v) is 8.23. The SMILES string of the molecule is COCC1(C(=O)O)CCN(C(=O)CC2CSCCS2)CC1. The number of carbonyl (C=O) groups is 2. The number of aliphatic carboxylic acids is 1. The van der Waals surface area contributed by atoms with Gasteiger partial charge in [-0.3, -0.25) is 9.59 Å². The summed E-state index contributed by atoms with van der Waals surface area (Å²) in [6.45, 7) is 1.28. The lowest BCUT2D eigenvalue weighted by atomic mass is 9.79. The maximum atomic E-state index is 12.3. The number of piperidine rings is 1. The number of hydrogen-bond donors (Lipinski definition) is 1. The van der Waals surface area contributed by atoms with Gasteiger partial charge in [0.25, 0.3) is 0 Å². The topological polar surface area (TPSA) is 66.8 Å². The second-order valence-electron chi connectivity index (χ2n) is 5.67. The number of carboxylic acids is 1. The van der Waals surface area contributed by atoms with Crippen LogP contribution in [0.3, 0.4) is 0 Å². The molecule has 2 heterocycles. The van der Waals surface area contributed by atoms with Gasteiger partial charge in [0.15, 0.2) is 0 Å². The van der Waals surface area contributed by atoms with E-state index in [1.807, 2.05) is 28.4 Å². The number of thioether (sulfide) groups is 2. The Kier molecular flexibility index (Phi) is 6.25. The Bertz CT molecular complexity index is 377. The van der Waals surface area contributed by atoms with Crippen molar-refractivity contribution >= 4 is 35.4 Å². The summed E-state index contributed by atoms with van der Waals surface area (Å²) in [6, 6.07) is 0. The lowest BCUT2D eigenvalue weighted by Gasteiger charge is -2.38. The molecule has 21 heavy (non-hydrogen) atoms. The van der Waals surface area contributed by atoms with Gasteiger partial charge in [0.05, 0.1) is 12.0 Å². The van der Waals surface area contributed by atoms with Crippen molar-refractivity contribution in [2.24, 2.45) is 5.41 Å². The Morgan fingerprint density at radius 1 is 1.33 bits per heavy atom. The minimum absolute atomic E-state index is 0.173. The summed E-state index contributed by atoms with van der Waals surface area (Å²) in [5.74, 6) is 2.71. The summed E-state index contributed by atoms with van der Waals surface area (Å²) in [4.78, 5) is 25.6. The quantitative estimate of drug-likeness (QED) is 0.824. The lowest BCUT2D eigenvalue weighted by molar-refractivity contribution is -0.158. The van der Waals surface area contributed by atoms with Gasteiger partial charge in [0.2, 0.25) is 5.91 Å². The zero-order chi connectivity index (χ0) is 15.3. The van der Waals surface area contributed by atoms with Crippen LogP contribution < -0.4 is 0 Å². The molecule has 0 bridgehead atoms. The molecule has 2 rings (SSSR count). The van der Waals surface area contributed by atoms with Crippen LogP contribution in [0.2, 0.25) is 0 Å². The van der Waals surface area contributed by atoms with E-state index in [1.54, 1.807) is 0 Å². The molecule has 7 heteroatoms. The summed E-state index contributed by atoms with van der Waals surface area (Å²) in [7, 11) is 1.53. The Balaban J connectivity index is 1.84. The monoisotopic (exact) mass is 333 g/mol. The summed E-state index contributed by atoms with van der Waals surface area (Å²) < 4.78 is 5.07. The smallest absolute Gasteiger partial charge is 0.312 e. The summed E-state index contributed by atoms with van der Waals surface area (Å²) >= 11 is 3.80. The van der Waals surface area contributed by atoms with Crippen molar-refractivity contribution in [3.63, 3.8) is 0 Å². The van der Waals surface area contributed by atoms with E-state index in [2.05, 4.69) is 0 Å². The number of nitrogens with zero attached hydrogens (tertiary/aromatic N) is 1. The van der Waals surface area contributed by atoms with Gasteiger partial charge in [-0.2, -0.15) is 23.5 Å². The van der Waals surface area contributed by atoms with Crippen LogP contribution in [0.4, 0.5) is 0 Å². The molecule has 0 aromatic rings. The molecule has 2 saturated heterocycles. The number of carbonyl (C=O) groups excluding carboxylic acids is 1. The van der Waals surface area contributed by atoms with Crippen LogP contribution in [0.1, 0.15) is 19.3 Å². The first-order valence-corrected chi connectivity index (χ1v) is 9.47. The molecule has 0 aromatic carbocycles. The van der Waals surface area contributed by atoms with Gasteiger partial charge >= 0.3 is 5.97 Å². The number of methoxy groups -OCH3 is 1. The third kappa shape index (κ3) is 4.29. The zero-order valence-corrected chi connectivity index (χ0v) is 14.0. The fourth-order valence-corrected chi connectivity index (χ4v) is 5.53. The number of ether oxygens (including phenoxy) is 1. The maximum Gasteiger partial charge on any atom is 0.312 e. The van der Waals surface area contributed by atoms with Crippen LogP contribution in [0.15, 0.2) is 0 Å². The molecule has 1 N–H and O–H groups in total. The van der Waals surface area contributed by atoms with Crippen molar-refractivity contribution in [3.8, 4) is 0 Å². The standard InChI is InChI=1S/C14H23NO4S2/c1-19-10-14(13(17)18)2-4-15(5-3-14)12(16)8-11-9-20-6-7-21-11/h11H,2-10H2,1H3,(H,17,18). The molecular weight excluding hydrogens is 310 g/mol. The Morgan fingerprint density at radius 2 is 2.05 bits per heavy atom. The third-order valence-corrected chi connectivity index (χ3v) is 7.08. The first-order valence-electron chi connectivity index (χ1n) is 7.27. The predicted octanol–water partition coefficient (Wildman–Crippen LogP) is 1.56. The van der Waals surface area contributed by atoms with E-state index in [1.165, 1.54) is 12.9 Å². The zero-order valence-electron chi connectivity index (χ0n) is 12.4. The van der Waals surface area contributed by atoms with Crippen LogP contribution in [0, 0.1) is 5.41 Å². The van der Waals surface area contributed by atoms with E-state index in [0.29, 0.717) is 37.6 Å². The van der Waals surface area contributed by atoms with Crippen molar-refractivity contribution in [3.05, 3.63) is 0 Å². The lowest BCUT2D eigenvalue weighted by Crippen LogP contribution is -2.49. The van der Waals surface area contributed by atoms with Gasteiger partial charge in [0.1, 0.15) is 0 Å². The number of hydrogen-bond acceptors (Lipinski definition) is 5. The first kappa shape index (κ1) is 17.0. The molecule has 120 valence electrons. The van der Waals surface area contributed by atoms with E-state index in [4.69, 9.17) is 4.74 Å². The number of likely N-dealkylation sites (tertiary alicyclic amines) is 1. The molecule has 0 radical (unpaired) electrons. The third-order valence-electron chi connectivity index (χ3n) is 4.23. The highest BCUT2D eigenvalue weighted by Gasteiger charge is 2.42. The Morgan fingerprint density at radius 3 is 2.57 bits per heavy atom. The molecule has 0 aliphatic carbocycles. The van der Waals surface area contributed by atoms with Crippen LogP contribution in [0.5, 0.6) is 0 Å². The van der Waals surface area contributed by atoms with E-state index >= 15 is 0 Å². The van der Waals surface area contributed by atoms with Crippen LogP contribution >= 0.6 is 23.5 Å². The summed E-state index contributed by atoms with van der Waals surface area (Å²) in [5, 5.41) is 9.83. The molecule has 2 aliphatic rings. The van der Waals surface area contributed by atoms with Crippen molar-refractivity contribution in [1.82, 2.24) is 4.90 Å². The number of rotatable bonds is 5. The van der Waals surface area contributed by atoms with Crippen molar-refractivity contribution in [1.29, 1.82) is 0 Å². The second kappa shape index (κ2) is 7.74. The van der Waals surface area contributed by atoms with E-state index in [9.17, 15) is 14.7 Å². The van der Waals surface area contributed by atoms with Crippen molar-refractivity contribution < 1.29 is 19.4 Å². The molecule has 2 fully saturated rings.